The number of thioether (sulfide) groups is 1. The molecule has 3 aromatic rings. The summed E-state index contributed by atoms with van der Waals surface area (Å²) in [5.74, 6) is 0.540. The Balaban J connectivity index is 2.13. The summed E-state index contributed by atoms with van der Waals surface area (Å²) >= 11 is 1.34. The van der Waals surface area contributed by atoms with Crippen LogP contribution in [0.5, 0.6) is 0 Å². The summed E-state index contributed by atoms with van der Waals surface area (Å²) in [5, 5.41) is 13.7. The monoisotopic (exact) mass is 476 g/mol. The van der Waals surface area contributed by atoms with E-state index in [9.17, 15) is 13.7 Å². The smallest absolute Gasteiger partial charge is 0.219 e. The lowest BCUT2D eigenvalue weighted by atomic mass is 10.1. The van der Waals surface area contributed by atoms with Gasteiger partial charge in [-0.3, -0.25) is 0 Å². The van der Waals surface area contributed by atoms with Gasteiger partial charge in [0.25, 0.3) is 0 Å². The highest BCUT2D eigenvalue weighted by Crippen LogP contribution is 2.34. The zero-order valence-electron chi connectivity index (χ0n) is 19.3. The second-order valence-electron chi connectivity index (χ2n) is 7.89. The molecule has 1 N–H and O–H groups in total. The first-order chi connectivity index (χ1) is 15.8. The number of sulfone groups is 1. The molecule has 0 amide bonds. The Morgan fingerprint density at radius 1 is 0.939 bits per heavy atom. The van der Waals surface area contributed by atoms with E-state index in [1.165, 1.54) is 23.9 Å². The highest BCUT2D eigenvalue weighted by atomic mass is 32.2. The highest BCUT2D eigenvalue weighted by Gasteiger charge is 2.26. The predicted octanol–water partition coefficient (Wildman–Crippen LogP) is 6.69. The average molecular weight is 477 g/mol. The van der Waals surface area contributed by atoms with E-state index >= 15 is 0 Å². The van der Waals surface area contributed by atoms with Gasteiger partial charge in [0.2, 0.25) is 9.84 Å². The molecular formula is C27H28N2O2S2. The van der Waals surface area contributed by atoms with Crippen LogP contribution in [-0.2, 0) is 22.0 Å². The lowest BCUT2D eigenvalue weighted by Crippen LogP contribution is -2.11. The van der Waals surface area contributed by atoms with Crippen molar-refractivity contribution in [2.75, 3.05) is 5.32 Å². The highest BCUT2D eigenvalue weighted by molar-refractivity contribution is 8.04. The number of anilines is 1. The first-order valence-electron chi connectivity index (χ1n) is 10.8. The first-order valence-corrected chi connectivity index (χ1v) is 13.2. The van der Waals surface area contributed by atoms with E-state index in [2.05, 4.69) is 30.4 Å². The van der Waals surface area contributed by atoms with Crippen LogP contribution in [0, 0.1) is 32.1 Å². The third-order valence-electron chi connectivity index (χ3n) is 5.49. The summed E-state index contributed by atoms with van der Waals surface area (Å²) in [4.78, 5) is -0.164. The van der Waals surface area contributed by atoms with E-state index < -0.39 is 9.84 Å². The summed E-state index contributed by atoms with van der Waals surface area (Å²) in [6.45, 7) is 8.10. The fourth-order valence-corrected chi connectivity index (χ4v) is 6.16. The number of rotatable bonds is 8. The summed E-state index contributed by atoms with van der Waals surface area (Å²) in [7, 11) is -3.99. The van der Waals surface area contributed by atoms with Crippen molar-refractivity contribution in [1.82, 2.24) is 0 Å². The first kappa shape index (κ1) is 24.6. The molecule has 0 unspecified atom stereocenters. The standard InChI is InChI=1S/C27H28N2O2S2/c1-5-22-11-9-10-21(4)26(22)29-27(32-18-23-16-19(2)14-15-20(23)3)25(17-28)33(30,31)24-12-7-6-8-13-24/h6-16,29H,5,18H2,1-4H3/b27-25+. The number of nitrogens with zero attached hydrogens (tertiary/aromatic N) is 1. The molecule has 3 rings (SSSR count). The molecule has 3 aromatic carbocycles. The van der Waals surface area contributed by atoms with Crippen LogP contribution in [0.1, 0.15) is 34.7 Å². The maximum atomic E-state index is 13.4. The SMILES string of the molecule is CCc1cccc(C)c1N/C(SCc1cc(C)ccc1C)=C(/C#N)S(=O)(=O)c1ccccc1. The minimum atomic E-state index is -3.99. The normalized spacial score (nSPS) is 12.1. The van der Waals surface area contributed by atoms with Crippen molar-refractivity contribution in [3.05, 3.63) is 104 Å². The molecule has 0 heterocycles. The quantitative estimate of drug-likeness (QED) is 0.367. The molecule has 6 heteroatoms. The summed E-state index contributed by atoms with van der Waals surface area (Å²) in [5.41, 5.74) is 6.28. The summed E-state index contributed by atoms with van der Waals surface area (Å²) < 4.78 is 26.9. The summed E-state index contributed by atoms with van der Waals surface area (Å²) in [6, 6.07) is 22.3. The van der Waals surface area contributed by atoms with Gasteiger partial charge in [0.15, 0.2) is 4.91 Å². The number of nitriles is 1. The minimum absolute atomic E-state index is 0.105. The van der Waals surface area contributed by atoms with E-state index in [1.807, 2.05) is 45.0 Å². The van der Waals surface area contributed by atoms with Crippen molar-refractivity contribution in [2.45, 2.75) is 44.8 Å². The Labute approximate surface area is 201 Å². The maximum absolute atomic E-state index is 13.4. The number of benzene rings is 3. The van der Waals surface area contributed by atoms with Crippen molar-refractivity contribution in [3.63, 3.8) is 0 Å². The van der Waals surface area contributed by atoms with E-state index in [4.69, 9.17) is 0 Å². The average Bonchev–Trinajstić information content (AvgIpc) is 2.81. The molecule has 170 valence electrons. The van der Waals surface area contributed by atoms with Crippen LogP contribution < -0.4 is 5.32 Å². The molecule has 0 bridgehead atoms. The Hall–Kier alpha value is -3.01. The van der Waals surface area contributed by atoms with Gasteiger partial charge in [-0.1, -0.05) is 67.1 Å². The zero-order chi connectivity index (χ0) is 24.0. The lowest BCUT2D eigenvalue weighted by Gasteiger charge is -2.18. The van der Waals surface area contributed by atoms with Crippen LogP contribution in [0.15, 0.2) is 81.6 Å². The molecule has 33 heavy (non-hydrogen) atoms. The Kier molecular flexibility index (Phi) is 8.01. The number of para-hydroxylation sites is 1. The second kappa shape index (κ2) is 10.7. The molecule has 0 aliphatic carbocycles. The van der Waals surface area contributed by atoms with E-state index in [0.717, 1.165) is 39.9 Å². The molecule has 0 spiro atoms. The second-order valence-corrected chi connectivity index (χ2v) is 10.8. The molecule has 0 radical (unpaired) electrons. The summed E-state index contributed by atoms with van der Waals surface area (Å²) in [6.07, 6.45) is 0.784. The molecule has 0 atom stereocenters. The van der Waals surface area contributed by atoms with Crippen LogP contribution in [0.2, 0.25) is 0 Å². The van der Waals surface area contributed by atoms with Crippen LogP contribution >= 0.6 is 11.8 Å². The number of hydrogen-bond acceptors (Lipinski definition) is 5. The Bertz CT molecular complexity index is 1320. The van der Waals surface area contributed by atoms with Gasteiger partial charge in [0.1, 0.15) is 11.1 Å². The van der Waals surface area contributed by atoms with Crippen LogP contribution in [0.25, 0.3) is 0 Å². The van der Waals surface area contributed by atoms with Gasteiger partial charge in [-0.05, 0) is 61.6 Å². The van der Waals surface area contributed by atoms with Crippen molar-refractivity contribution in [1.29, 1.82) is 5.26 Å². The molecular weight excluding hydrogens is 448 g/mol. The molecule has 4 nitrogen and oxygen atoms in total. The zero-order valence-corrected chi connectivity index (χ0v) is 21.0. The van der Waals surface area contributed by atoms with Gasteiger partial charge < -0.3 is 5.32 Å². The Morgan fingerprint density at radius 2 is 1.67 bits per heavy atom. The van der Waals surface area contributed by atoms with Gasteiger partial charge in [-0.15, -0.1) is 11.8 Å². The van der Waals surface area contributed by atoms with Gasteiger partial charge in [0.05, 0.1) is 4.90 Å². The van der Waals surface area contributed by atoms with Crippen molar-refractivity contribution in [3.8, 4) is 6.07 Å². The fourth-order valence-electron chi connectivity index (χ4n) is 3.53. The third kappa shape index (κ3) is 5.68. The predicted molar refractivity (Wildman–Crippen MR) is 138 cm³/mol. The van der Waals surface area contributed by atoms with Crippen molar-refractivity contribution in [2.24, 2.45) is 0 Å². The number of allylic oxidation sites excluding steroid dienone is 1. The number of nitrogens with one attached hydrogen (secondary N) is 1. The van der Waals surface area contributed by atoms with Crippen molar-refractivity contribution < 1.29 is 8.42 Å². The van der Waals surface area contributed by atoms with E-state index in [0.29, 0.717) is 10.8 Å². The van der Waals surface area contributed by atoms with Gasteiger partial charge in [0, 0.05) is 11.4 Å². The number of hydrogen-bond donors (Lipinski definition) is 1. The molecule has 0 aromatic heterocycles. The van der Waals surface area contributed by atoms with Gasteiger partial charge >= 0.3 is 0 Å². The topological polar surface area (TPSA) is 70.0 Å². The van der Waals surface area contributed by atoms with Crippen LogP contribution in [0.4, 0.5) is 5.69 Å². The third-order valence-corrected chi connectivity index (χ3v) is 8.39. The van der Waals surface area contributed by atoms with Gasteiger partial charge in [-0.25, -0.2) is 8.42 Å². The molecule has 0 saturated carbocycles. The van der Waals surface area contributed by atoms with Crippen LogP contribution in [-0.4, -0.2) is 8.42 Å². The molecule has 0 aliphatic heterocycles. The van der Waals surface area contributed by atoms with E-state index in [1.54, 1.807) is 18.2 Å². The maximum Gasteiger partial charge on any atom is 0.219 e. The molecule has 0 fully saturated rings. The van der Waals surface area contributed by atoms with Crippen LogP contribution in [0.3, 0.4) is 0 Å². The number of aryl methyl sites for hydroxylation is 4. The molecule has 0 saturated heterocycles. The molecule has 0 aliphatic rings. The van der Waals surface area contributed by atoms with Gasteiger partial charge in [-0.2, -0.15) is 5.26 Å². The van der Waals surface area contributed by atoms with Crippen molar-refractivity contribution >= 4 is 27.3 Å². The lowest BCUT2D eigenvalue weighted by molar-refractivity contribution is 0.603. The largest absolute Gasteiger partial charge is 0.348 e. The minimum Gasteiger partial charge on any atom is -0.348 e. The Morgan fingerprint density at radius 3 is 2.33 bits per heavy atom. The van der Waals surface area contributed by atoms with E-state index in [-0.39, 0.29) is 9.80 Å². The fraction of sp³-hybridized carbons (Fsp3) is 0.222.